The van der Waals surface area contributed by atoms with Gasteiger partial charge in [-0.2, -0.15) is 0 Å². The lowest BCUT2D eigenvalue weighted by molar-refractivity contribution is 0.172. The Balaban J connectivity index is 2.13. The van der Waals surface area contributed by atoms with Crippen LogP contribution in [0.5, 0.6) is 0 Å². The normalized spacial score (nSPS) is 12.4. The first-order valence-corrected chi connectivity index (χ1v) is 6.94. The zero-order chi connectivity index (χ0) is 13.7. The van der Waals surface area contributed by atoms with E-state index in [1.54, 1.807) is 6.20 Å². The molecule has 0 radical (unpaired) electrons. The van der Waals surface area contributed by atoms with Crippen LogP contribution in [0.1, 0.15) is 42.3 Å². The number of aryl methyl sites for hydroxylation is 2. The lowest BCUT2D eigenvalue weighted by atomic mass is 9.99. The Hall–Kier alpha value is -1.67. The SMILES string of the molecule is CCc1ccc(CC(O)c2ncccc2CC)cc1. The number of rotatable bonds is 5. The molecular formula is C17H21NO. The van der Waals surface area contributed by atoms with E-state index in [0.29, 0.717) is 6.42 Å². The van der Waals surface area contributed by atoms with Gasteiger partial charge in [0.1, 0.15) is 6.10 Å². The van der Waals surface area contributed by atoms with Crippen molar-refractivity contribution in [1.29, 1.82) is 0 Å². The summed E-state index contributed by atoms with van der Waals surface area (Å²) < 4.78 is 0. The average molecular weight is 255 g/mol. The molecule has 0 saturated heterocycles. The van der Waals surface area contributed by atoms with Gasteiger partial charge in [-0.05, 0) is 35.6 Å². The second-order valence-electron chi connectivity index (χ2n) is 4.79. The summed E-state index contributed by atoms with van der Waals surface area (Å²) in [5.41, 5.74) is 4.41. The Bertz CT molecular complexity index is 519. The van der Waals surface area contributed by atoms with Gasteiger partial charge < -0.3 is 5.11 Å². The quantitative estimate of drug-likeness (QED) is 0.887. The molecule has 2 nitrogen and oxygen atoms in total. The summed E-state index contributed by atoms with van der Waals surface area (Å²) in [6, 6.07) is 12.4. The third-order valence-electron chi connectivity index (χ3n) is 3.48. The molecule has 2 rings (SSSR count). The van der Waals surface area contributed by atoms with Crippen molar-refractivity contribution >= 4 is 0 Å². The van der Waals surface area contributed by atoms with Crippen molar-refractivity contribution in [2.45, 2.75) is 39.2 Å². The van der Waals surface area contributed by atoms with Gasteiger partial charge in [0, 0.05) is 12.6 Å². The molecule has 0 aliphatic rings. The van der Waals surface area contributed by atoms with E-state index in [1.807, 2.05) is 12.1 Å². The van der Waals surface area contributed by atoms with Gasteiger partial charge in [0.05, 0.1) is 5.69 Å². The lowest BCUT2D eigenvalue weighted by Gasteiger charge is -2.14. The minimum absolute atomic E-state index is 0.524. The van der Waals surface area contributed by atoms with Gasteiger partial charge in [0.15, 0.2) is 0 Å². The first-order chi connectivity index (χ1) is 9.24. The summed E-state index contributed by atoms with van der Waals surface area (Å²) in [4.78, 5) is 4.33. The van der Waals surface area contributed by atoms with Crippen LogP contribution in [0.25, 0.3) is 0 Å². The van der Waals surface area contributed by atoms with Crippen LogP contribution < -0.4 is 0 Å². The van der Waals surface area contributed by atoms with Crippen molar-refractivity contribution in [2.24, 2.45) is 0 Å². The number of hydrogen-bond donors (Lipinski definition) is 1. The number of nitrogens with zero attached hydrogens (tertiary/aromatic N) is 1. The Labute approximate surface area is 115 Å². The molecule has 0 amide bonds. The molecule has 1 N–H and O–H groups in total. The third kappa shape index (κ3) is 3.42. The first kappa shape index (κ1) is 13.8. The second kappa shape index (κ2) is 6.48. The molecular weight excluding hydrogens is 234 g/mol. The number of aliphatic hydroxyl groups is 1. The fraction of sp³-hybridized carbons (Fsp3) is 0.353. The largest absolute Gasteiger partial charge is 0.386 e. The van der Waals surface area contributed by atoms with Crippen LogP contribution in [0.3, 0.4) is 0 Å². The highest BCUT2D eigenvalue weighted by Gasteiger charge is 2.13. The maximum Gasteiger partial charge on any atom is 0.100 e. The maximum absolute atomic E-state index is 10.3. The molecule has 1 aromatic heterocycles. The number of aromatic nitrogens is 1. The Morgan fingerprint density at radius 1 is 1.00 bits per heavy atom. The summed E-state index contributed by atoms with van der Waals surface area (Å²) >= 11 is 0. The minimum atomic E-state index is -0.524. The van der Waals surface area contributed by atoms with Crippen molar-refractivity contribution in [3.8, 4) is 0 Å². The number of hydrogen-bond acceptors (Lipinski definition) is 2. The van der Waals surface area contributed by atoms with Crippen LogP contribution in [-0.4, -0.2) is 10.1 Å². The fourth-order valence-electron chi connectivity index (χ4n) is 2.28. The van der Waals surface area contributed by atoms with Crippen LogP contribution in [0.4, 0.5) is 0 Å². The van der Waals surface area contributed by atoms with Crippen LogP contribution in [0, 0.1) is 0 Å². The first-order valence-electron chi connectivity index (χ1n) is 6.94. The molecule has 1 heterocycles. The van der Waals surface area contributed by atoms with Gasteiger partial charge in [-0.3, -0.25) is 4.98 Å². The van der Waals surface area contributed by atoms with Gasteiger partial charge >= 0.3 is 0 Å². The van der Waals surface area contributed by atoms with Crippen LogP contribution in [0.15, 0.2) is 42.6 Å². The van der Waals surface area contributed by atoms with E-state index >= 15 is 0 Å². The van der Waals surface area contributed by atoms with E-state index in [0.717, 1.165) is 29.7 Å². The van der Waals surface area contributed by atoms with E-state index in [9.17, 15) is 5.11 Å². The molecule has 0 aliphatic heterocycles. The Morgan fingerprint density at radius 3 is 2.32 bits per heavy atom. The fourth-order valence-corrected chi connectivity index (χ4v) is 2.28. The molecule has 0 aliphatic carbocycles. The van der Waals surface area contributed by atoms with E-state index in [2.05, 4.69) is 43.1 Å². The highest BCUT2D eigenvalue weighted by atomic mass is 16.3. The van der Waals surface area contributed by atoms with Crippen molar-refractivity contribution < 1.29 is 5.11 Å². The van der Waals surface area contributed by atoms with Gasteiger partial charge in [-0.1, -0.05) is 44.2 Å². The zero-order valence-electron chi connectivity index (χ0n) is 11.6. The smallest absolute Gasteiger partial charge is 0.100 e. The molecule has 0 spiro atoms. The molecule has 0 fully saturated rings. The predicted molar refractivity (Wildman–Crippen MR) is 78.1 cm³/mol. The summed E-state index contributed by atoms with van der Waals surface area (Å²) in [6.45, 7) is 4.23. The minimum Gasteiger partial charge on any atom is -0.386 e. The molecule has 2 aromatic rings. The second-order valence-corrected chi connectivity index (χ2v) is 4.79. The Kier molecular flexibility index (Phi) is 4.69. The van der Waals surface area contributed by atoms with E-state index in [-0.39, 0.29) is 0 Å². The maximum atomic E-state index is 10.3. The molecule has 2 heteroatoms. The number of benzene rings is 1. The standard InChI is InChI=1S/C17H21NO/c1-3-13-7-9-14(10-8-13)12-16(19)17-15(4-2)6-5-11-18-17/h5-11,16,19H,3-4,12H2,1-2H3. The van der Waals surface area contributed by atoms with Crippen molar-refractivity contribution in [2.75, 3.05) is 0 Å². The van der Waals surface area contributed by atoms with Crippen molar-refractivity contribution in [3.63, 3.8) is 0 Å². The molecule has 19 heavy (non-hydrogen) atoms. The molecule has 100 valence electrons. The van der Waals surface area contributed by atoms with Crippen LogP contribution in [0.2, 0.25) is 0 Å². The summed E-state index contributed by atoms with van der Waals surface area (Å²) in [5.74, 6) is 0. The number of pyridine rings is 1. The Morgan fingerprint density at radius 2 is 1.68 bits per heavy atom. The lowest BCUT2D eigenvalue weighted by Crippen LogP contribution is -2.07. The molecule has 1 unspecified atom stereocenters. The van der Waals surface area contributed by atoms with E-state index in [1.165, 1.54) is 5.56 Å². The van der Waals surface area contributed by atoms with Crippen molar-refractivity contribution in [1.82, 2.24) is 4.98 Å². The summed E-state index contributed by atoms with van der Waals surface area (Å²) in [5, 5.41) is 10.3. The highest BCUT2D eigenvalue weighted by molar-refractivity contribution is 5.26. The van der Waals surface area contributed by atoms with Gasteiger partial charge in [0.2, 0.25) is 0 Å². The van der Waals surface area contributed by atoms with E-state index in [4.69, 9.17) is 0 Å². The van der Waals surface area contributed by atoms with Gasteiger partial charge in [0.25, 0.3) is 0 Å². The average Bonchev–Trinajstić information content (AvgIpc) is 2.48. The third-order valence-corrected chi connectivity index (χ3v) is 3.48. The van der Waals surface area contributed by atoms with Gasteiger partial charge in [-0.25, -0.2) is 0 Å². The monoisotopic (exact) mass is 255 g/mol. The number of aliphatic hydroxyl groups excluding tert-OH is 1. The molecule has 0 bridgehead atoms. The molecule has 1 atom stereocenters. The highest BCUT2D eigenvalue weighted by Crippen LogP contribution is 2.20. The van der Waals surface area contributed by atoms with Crippen LogP contribution in [-0.2, 0) is 19.3 Å². The van der Waals surface area contributed by atoms with E-state index < -0.39 is 6.10 Å². The summed E-state index contributed by atoms with van der Waals surface area (Å²) in [7, 11) is 0. The zero-order valence-corrected chi connectivity index (χ0v) is 11.6. The van der Waals surface area contributed by atoms with Crippen LogP contribution >= 0.6 is 0 Å². The predicted octanol–water partition coefficient (Wildman–Crippen LogP) is 3.48. The summed E-state index contributed by atoms with van der Waals surface area (Å²) in [6.07, 6.45) is 3.79. The molecule has 0 saturated carbocycles. The van der Waals surface area contributed by atoms with Gasteiger partial charge in [-0.15, -0.1) is 0 Å². The van der Waals surface area contributed by atoms with Crippen molar-refractivity contribution in [3.05, 3.63) is 65.0 Å². The molecule has 1 aromatic carbocycles. The topological polar surface area (TPSA) is 33.1 Å².